The first kappa shape index (κ1) is 17.6. The van der Waals surface area contributed by atoms with E-state index in [4.69, 9.17) is 16.3 Å². The first-order valence-electron chi connectivity index (χ1n) is 7.18. The molecule has 0 spiro atoms. The lowest BCUT2D eigenvalue weighted by molar-refractivity contribution is -0.384. The van der Waals surface area contributed by atoms with Gasteiger partial charge in [0.25, 0.3) is 5.69 Å². The van der Waals surface area contributed by atoms with Crippen LogP contribution in [0.15, 0.2) is 36.4 Å². The zero-order valence-corrected chi connectivity index (χ0v) is 13.9. The summed E-state index contributed by atoms with van der Waals surface area (Å²) < 4.78 is 5.65. The number of amides is 2. The molecule has 0 aliphatic heterocycles. The lowest BCUT2D eigenvalue weighted by Crippen LogP contribution is -2.28. The van der Waals surface area contributed by atoms with Crippen molar-refractivity contribution in [2.24, 2.45) is 0 Å². The minimum atomic E-state index is -0.526. The van der Waals surface area contributed by atoms with Gasteiger partial charge in [-0.2, -0.15) is 0 Å². The Kier molecular flexibility index (Phi) is 5.59. The fourth-order valence-electron chi connectivity index (χ4n) is 1.98. The molecule has 0 saturated heterocycles. The summed E-state index contributed by atoms with van der Waals surface area (Å²) in [7, 11) is 0. The summed E-state index contributed by atoms with van der Waals surface area (Å²) in [6.07, 6.45) is 0. The normalized spacial score (nSPS) is 10.1. The van der Waals surface area contributed by atoms with Crippen LogP contribution in [0.4, 0.5) is 16.2 Å². The third kappa shape index (κ3) is 4.36. The van der Waals surface area contributed by atoms with Crippen molar-refractivity contribution in [1.29, 1.82) is 0 Å². The van der Waals surface area contributed by atoms with Crippen molar-refractivity contribution in [3.63, 3.8) is 0 Å². The highest BCUT2D eigenvalue weighted by atomic mass is 35.5. The summed E-state index contributed by atoms with van der Waals surface area (Å²) in [5.74, 6) is 0.816. The van der Waals surface area contributed by atoms with Gasteiger partial charge in [0, 0.05) is 24.4 Å². The summed E-state index contributed by atoms with van der Waals surface area (Å²) in [6.45, 7) is 4.19. The standard InChI is InChI=1S/C16H16ClN3O4/c1-3-18-16(21)19-14-6-5-12(8-10(14)2)24-15-7-4-11(20(22)23)9-13(15)17/h4-9H,3H2,1-2H3,(H2,18,19,21). The van der Waals surface area contributed by atoms with Gasteiger partial charge in [-0.25, -0.2) is 4.79 Å². The molecule has 2 rings (SSSR count). The van der Waals surface area contributed by atoms with Crippen LogP contribution in [0.25, 0.3) is 0 Å². The highest BCUT2D eigenvalue weighted by Gasteiger charge is 2.12. The second kappa shape index (κ2) is 7.65. The maximum absolute atomic E-state index is 11.5. The number of rotatable bonds is 5. The van der Waals surface area contributed by atoms with Gasteiger partial charge in [0.05, 0.1) is 9.95 Å². The maximum Gasteiger partial charge on any atom is 0.319 e. The molecule has 2 amide bonds. The van der Waals surface area contributed by atoms with Crippen LogP contribution < -0.4 is 15.4 Å². The fraction of sp³-hybridized carbons (Fsp3) is 0.188. The quantitative estimate of drug-likeness (QED) is 0.614. The van der Waals surface area contributed by atoms with E-state index in [2.05, 4.69) is 10.6 Å². The highest BCUT2D eigenvalue weighted by molar-refractivity contribution is 6.32. The number of anilines is 1. The largest absolute Gasteiger partial charge is 0.456 e. The molecule has 0 aromatic heterocycles. The number of nitrogens with zero attached hydrogens (tertiary/aromatic N) is 1. The van der Waals surface area contributed by atoms with Crippen molar-refractivity contribution < 1.29 is 14.5 Å². The molecule has 126 valence electrons. The van der Waals surface area contributed by atoms with Gasteiger partial charge in [-0.15, -0.1) is 0 Å². The molecule has 2 aromatic rings. The highest BCUT2D eigenvalue weighted by Crippen LogP contribution is 2.33. The minimum Gasteiger partial charge on any atom is -0.456 e. The van der Waals surface area contributed by atoms with Crippen molar-refractivity contribution in [2.45, 2.75) is 13.8 Å². The number of hydrogen-bond donors (Lipinski definition) is 2. The number of halogens is 1. The lowest BCUT2D eigenvalue weighted by atomic mass is 10.2. The van der Waals surface area contributed by atoms with Crippen LogP contribution in [-0.2, 0) is 0 Å². The molecule has 0 atom stereocenters. The number of benzene rings is 2. The van der Waals surface area contributed by atoms with Crippen molar-refractivity contribution in [1.82, 2.24) is 5.32 Å². The number of carbonyl (C=O) groups excluding carboxylic acids is 1. The molecule has 0 radical (unpaired) electrons. The van der Waals surface area contributed by atoms with E-state index >= 15 is 0 Å². The molecule has 24 heavy (non-hydrogen) atoms. The fourth-order valence-corrected chi connectivity index (χ4v) is 2.19. The minimum absolute atomic E-state index is 0.106. The van der Waals surface area contributed by atoms with E-state index in [1.807, 2.05) is 13.8 Å². The third-order valence-electron chi connectivity index (χ3n) is 3.14. The molecule has 7 nitrogen and oxygen atoms in total. The molecule has 0 saturated carbocycles. The summed E-state index contributed by atoms with van der Waals surface area (Å²) in [4.78, 5) is 21.7. The third-order valence-corrected chi connectivity index (χ3v) is 3.43. The van der Waals surface area contributed by atoms with Gasteiger partial charge in [0.15, 0.2) is 0 Å². The summed E-state index contributed by atoms with van der Waals surface area (Å²) in [6, 6.07) is 8.82. The Bertz CT molecular complexity index is 780. The van der Waals surface area contributed by atoms with E-state index < -0.39 is 4.92 Å². The summed E-state index contributed by atoms with van der Waals surface area (Å²) >= 11 is 6.00. The van der Waals surface area contributed by atoms with E-state index in [1.165, 1.54) is 18.2 Å². The maximum atomic E-state index is 11.5. The number of urea groups is 1. The van der Waals surface area contributed by atoms with Crippen LogP contribution in [0, 0.1) is 17.0 Å². The van der Waals surface area contributed by atoms with Crippen LogP contribution in [0.2, 0.25) is 5.02 Å². The molecule has 0 unspecified atom stereocenters. The number of hydrogen-bond acceptors (Lipinski definition) is 4. The predicted octanol–water partition coefficient (Wildman–Crippen LogP) is 4.49. The van der Waals surface area contributed by atoms with Gasteiger partial charge >= 0.3 is 6.03 Å². The van der Waals surface area contributed by atoms with Gasteiger partial charge in [0.1, 0.15) is 11.5 Å². The van der Waals surface area contributed by atoms with Gasteiger partial charge in [-0.3, -0.25) is 10.1 Å². The molecule has 0 aliphatic carbocycles. The van der Waals surface area contributed by atoms with E-state index in [1.54, 1.807) is 18.2 Å². The zero-order chi connectivity index (χ0) is 17.7. The van der Waals surface area contributed by atoms with Gasteiger partial charge < -0.3 is 15.4 Å². The van der Waals surface area contributed by atoms with Crippen LogP contribution >= 0.6 is 11.6 Å². The molecule has 0 aliphatic rings. The molecular formula is C16H16ClN3O4. The van der Waals surface area contributed by atoms with Crippen LogP contribution in [0.5, 0.6) is 11.5 Å². The van der Waals surface area contributed by atoms with Crippen molar-refractivity contribution in [2.75, 3.05) is 11.9 Å². The molecular weight excluding hydrogens is 334 g/mol. The molecule has 8 heteroatoms. The molecule has 0 heterocycles. The number of nitro benzene ring substituents is 1. The number of non-ortho nitro benzene ring substituents is 1. The van der Waals surface area contributed by atoms with Crippen molar-refractivity contribution in [3.05, 3.63) is 57.1 Å². The van der Waals surface area contributed by atoms with E-state index in [9.17, 15) is 14.9 Å². The van der Waals surface area contributed by atoms with Crippen molar-refractivity contribution >= 4 is 29.0 Å². The molecule has 2 N–H and O–H groups in total. The molecule has 0 bridgehead atoms. The first-order valence-corrected chi connectivity index (χ1v) is 7.55. The predicted molar refractivity (Wildman–Crippen MR) is 92.1 cm³/mol. The number of nitro groups is 1. The van der Waals surface area contributed by atoms with Gasteiger partial charge in [-0.1, -0.05) is 11.6 Å². The number of ether oxygens (including phenoxy) is 1. The van der Waals surface area contributed by atoms with Gasteiger partial charge in [-0.05, 0) is 43.7 Å². The van der Waals surface area contributed by atoms with Crippen LogP contribution in [0.1, 0.15) is 12.5 Å². The van der Waals surface area contributed by atoms with Crippen molar-refractivity contribution in [3.8, 4) is 11.5 Å². The lowest BCUT2D eigenvalue weighted by Gasteiger charge is -2.12. The summed E-state index contributed by atoms with van der Waals surface area (Å²) in [5.41, 5.74) is 1.35. The Morgan fingerprint density at radius 3 is 2.62 bits per heavy atom. The second-order valence-corrected chi connectivity index (χ2v) is 5.34. The van der Waals surface area contributed by atoms with Crippen LogP contribution in [-0.4, -0.2) is 17.5 Å². The second-order valence-electron chi connectivity index (χ2n) is 4.94. The smallest absolute Gasteiger partial charge is 0.319 e. The number of carbonyl (C=O) groups is 1. The first-order chi connectivity index (χ1) is 11.4. The average Bonchev–Trinajstić information content (AvgIpc) is 2.52. The average molecular weight is 350 g/mol. The SMILES string of the molecule is CCNC(=O)Nc1ccc(Oc2ccc([N+](=O)[O-])cc2Cl)cc1C. The van der Waals surface area contributed by atoms with Gasteiger partial charge in [0.2, 0.25) is 0 Å². The Morgan fingerprint density at radius 1 is 1.29 bits per heavy atom. The molecule has 0 fully saturated rings. The van der Waals surface area contributed by atoms with E-state index in [0.29, 0.717) is 23.7 Å². The molecule has 2 aromatic carbocycles. The Balaban J connectivity index is 2.15. The number of nitrogens with one attached hydrogen (secondary N) is 2. The van der Waals surface area contributed by atoms with E-state index in [0.717, 1.165) is 5.56 Å². The Labute approximate surface area is 143 Å². The summed E-state index contributed by atoms with van der Waals surface area (Å²) in [5, 5.41) is 16.2. The monoisotopic (exact) mass is 349 g/mol. The zero-order valence-electron chi connectivity index (χ0n) is 13.1. The topological polar surface area (TPSA) is 93.5 Å². The number of aryl methyl sites for hydroxylation is 1. The van der Waals surface area contributed by atoms with Crippen LogP contribution in [0.3, 0.4) is 0 Å². The Hall–Kier alpha value is -2.80. The Morgan fingerprint density at radius 2 is 2.04 bits per heavy atom. The van der Waals surface area contributed by atoms with E-state index in [-0.39, 0.29) is 16.7 Å².